The van der Waals surface area contributed by atoms with Crippen LogP contribution in [0.5, 0.6) is 0 Å². The van der Waals surface area contributed by atoms with Gasteiger partial charge in [-0.15, -0.1) is 0 Å². The summed E-state index contributed by atoms with van der Waals surface area (Å²) in [7, 11) is 0. The molecule has 0 aliphatic carbocycles. The molecule has 8 heteroatoms. The third-order valence-electron chi connectivity index (χ3n) is 9.71. The molecule has 6 rings (SSSR count). The van der Waals surface area contributed by atoms with E-state index in [0.29, 0.717) is 48.4 Å². The van der Waals surface area contributed by atoms with Crippen LogP contribution in [0.25, 0.3) is 12.2 Å². The molecule has 0 radical (unpaired) electrons. The Hall–Kier alpha value is -5.50. The summed E-state index contributed by atoms with van der Waals surface area (Å²) < 4.78 is 0. The monoisotopic (exact) mass is 668 g/mol. The first-order chi connectivity index (χ1) is 24.4. The summed E-state index contributed by atoms with van der Waals surface area (Å²) in [6.45, 7) is 5.20. The van der Waals surface area contributed by atoms with E-state index in [0.717, 1.165) is 47.9 Å². The molecule has 0 unspecified atom stereocenters. The van der Waals surface area contributed by atoms with Gasteiger partial charge in [-0.25, -0.2) is 0 Å². The minimum Gasteiger partial charge on any atom is -0.327 e. The minimum atomic E-state index is -0.498. The van der Waals surface area contributed by atoms with E-state index < -0.39 is 12.1 Å². The van der Waals surface area contributed by atoms with E-state index in [9.17, 15) is 19.2 Å². The Bertz CT molecular complexity index is 1750. The van der Waals surface area contributed by atoms with E-state index in [1.54, 1.807) is 9.80 Å². The number of nitrogens with one attached hydrogen (secondary N) is 2. The number of likely N-dealkylation sites (tertiary alicyclic amines) is 2. The Labute approximate surface area is 294 Å². The number of carbonyl (C=O) groups excluding carboxylic acids is 4. The molecule has 0 aromatic heterocycles. The van der Waals surface area contributed by atoms with Gasteiger partial charge in [-0.05, 0) is 97.2 Å². The number of anilines is 2. The average Bonchev–Trinajstić information content (AvgIpc) is 3.86. The molecule has 0 saturated carbocycles. The lowest BCUT2D eigenvalue weighted by Crippen LogP contribution is -2.43. The molecule has 2 heterocycles. The summed E-state index contributed by atoms with van der Waals surface area (Å²) in [6.07, 6.45) is 8.36. The van der Waals surface area contributed by atoms with E-state index in [-0.39, 0.29) is 23.6 Å². The van der Waals surface area contributed by atoms with Gasteiger partial charge in [-0.1, -0.05) is 86.7 Å². The Balaban J connectivity index is 1.02. The van der Waals surface area contributed by atoms with Crippen LogP contribution in [0, 0.1) is 0 Å². The molecule has 4 amide bonds. The lowest BCUT2D eigenvalue weighted by Gasteiger charge is -2.25. The average molecular weight is 669 g/mol. The molecule has 2 atom stereocenters. The van der Waals surface area contributed by atoms with Gasteiger partial charge in [-0.2, -0.15) is 0 Å². The SMILES string of the molecule is CCc1ccccc1C(=O)N1CCC[C@@H]1C(=O)Nc1ccc(C=Cc2ccc(NC(=O)[C@@H]3CCCN3C(=O)c3ccccc3CC)cc2)cc1. The molecule has 0 bridgehead atoms. The Morgan fingerprint density at radius 3 is 1.34 bits per heavy atom. The van der Waals surface area contributed by atoms with Crippen molar-refractivity contribution in [3.8, 4) is 0 Å². The van der Waals surface area contributed by atoms with Crippen molar-refractivity contribution in [2.75, 3.05) is 23.7 Å². The van der Waals surface area contributed by atoms with Gasteiger partial charge in [0.2, 0.25) is 11.8 Å². The highest BCUT2D eigenvalue weighted by Crippen LogP contribution is 2.26. The Kier molecular flexibility index (Phi) is 10.9. The second-order valence-corrected chi connectivity index (χ2v) is 12.9. The van der Waals surface area contributed by atoms with Crippen LogP contribution >= 0.6 is 0 Å². The summed E-state index contributed by atoms with van der Waals surface area (Å²) >= 11 is 0. The predicted octanol–water partition coefficient (Wildman–Crippen LogP) is 7.47. The molecular weight excluding hydrogens is 624 g/mol. The molecular formula is C42H44N4O4. The molecule has 256 valence electrons. The molecule has 2 saturated heterocycles. The zero-order chi connectivity index (χ0) is 35.0. The first-order valence-corrected chi connectivity index (χ1v) is 17.6. The van der Waals surface area contributed by atoms with Gasteiger partial charge >= 0.3 is 0 Å². The van der Waals surface area contributed by atoms with Gasteiger partial charge in [-0.3, -0.25) is 19.2 Å². The summed E-state index contributed by atoms with van der Waals surface area (Å²) in [4.78, 5) is 56.6. The van der Waals surface area contributed by atoms with E-state index in [1.165, 1.54) is 0 Å². The fourth-order valence-electron chi connectivity index (χ4n) is 6.95. The van der Waals surface area contributed by atoms with Crippen LogP contribution in [0.1, 0.15) is 82.5 Å². The van der Waals surface area contributed by atoms with E-state index in [4.69, 9.17) is 0 Å². The molecule has 2 N–H and O–H groups in total. The lowest BCUT2D eigenvalue weighted by atomic mass is 10.0. The van der Waals surface area contributed by atoms with Crippen LogP contribution in [0.3, 0.4) is 0 Å². The number of hydrogen-bond donors (Lipinski definition) is 2. The highest BCUT2D eigenvalue weighted by atomic mass is 16.2. The summed E-state index contributed by atoms with van der Waals surface area (Å²) in [5.41, 5.74) is 6.60. The van der Waals surface area contributed by atoms with Crippen LogP contribution in [-0.4, -0.2) is 58.6 Å². The third kappa shape index (κ3) is 7.70. The van der Waals surface area contributed by atoms with E-state index in [1.807, 2.05) is 123 Å². The molecule has 2 fully saturated rings. The first-order valence-electron chi connectivity index (χ1n) is 17.6. The number of carbonyl (C=O) groups is 4. The van der Waals surface area contributed by atoms with Crippen molar-refractivity contribution in [2.24, 2.45) is 0 Å². The van der Waals surface area contributed by atoms with Crippen molar-refractivity contribution in [1.29, 1.82) is 0 Å². The largest absolute Gasteiger partial charge is 0.327 e. The van der Waals surface area contributed by atoms with Gasteiger partial charge < -0.3 is 20.4 Å². The highest BCUT2D eigenvalue weighted by molar-refractivity contribution is 6.03. The zero-order valence-electron chi connectivity index (χ0n) is 28.7. The third-order valence-corrected chi connectivity index (χ3v) is 9.71. The van der Waals surface area contributed by atoms with Crippen LogP contribution in [0.4, 0.5) is 11.4 Å². The smallest absolute Gasteiger partial charge is 0.254 e. The highest BCUT2D eigenvalue weighted by Gasteiger charge is 2.36. The van der Waals surface area contributed by atoms with Crippen molar-refractivity contribution in [2.45, 2.75) is 64.5 Å². The molecule has 8 nitrogen and oxygen atoms in total. The molecule has 50 heavy (non-hydrogen) atoms. The maximum atomic E-state index is 13.4. The van der Waals surface area contributed by atoms with E-state index in [2.05, 4.69) is 10.6 Å². The summed E-state index contributed by atoms with van der Waals surface area (Å²) in [6, 6.07) is 29.4. The Morgan fingerprint density at radius 1 is 0.580 bits per heavy atom. The number of aryl methyl sites for hydroxylation is 2. The normalized spacial score (nSPS) is 17.2. The van der Waals surface area contributed by atoms with Crippen LogP contribution < -0.4 is 10.6 Å². The van der Waals surface area contributed by atoms with Crippen molar-refractivity contribution < 1.29 is 19.2 Å². The van der Waals surface area contributed by atoms with Gasteiger partial charge in [0.25, 0.3) is 11.8 Å². The summed E-state index contributed by atoms with van der Waals surface area (Å²) in [5.74, 6) is -0.516. The number of nitrogens with zero attached hydrogens (tertiary/aromatic N) is 2. The molecule has 4 aromatic carbocycles. The quantitative estimate of drug-likeness (QED) is 0.171. The molecule has 2 aliphatic rings. The van der Waals surface area contributed by atoms with Crippen molar-refractivity contribution >= 4 is 47.2 Å². The van der Waals surface area contributed by atoms with Gasteiger partial charge in [0, 0.05) is 35.6 Å². The zero-order valence-corrected chi connectivity index (χ0v) is 28.7. The molecule has 2 aliphatic heterocycles. The fraction of sp³-hybridized carbons (Fsp3) is 0.286. The minimum absolute atomic E-state index is 0.0859. The van der Waals surface area contributed by atoms with Crippen molar-refractivity contribution in [1.82, 2.24) is 9.80 Å². The van der Waals surface area contributed by atoms with Gasteiger partial charge in [0.05, 0.1) is 0 Å². The van der Waals surface area contributed by atoms with E-state index >= 15 is 0 Å². The van der Waals surface area contributed by atoms with Crippen molar-refractivity contribution in [3.05, 3.63) is 130 Å². The number of hydrogen-bond acceptors (Lipinski definition) is 4. The summed E-state index contributed by atoms with van der Waals surface area (Å²) in [5, 5.41) is 6.00. The lowest BCUT2D eigenvalue weighted by molar-refractivity contribution is -0.120. The topological polar surface area (TPSA) is 98.8 Å². The first kappa shape index (κ1) is 34.4. The van der Waals surface area contributed by atoms with Crippen LogP contribution in [0.15, 0.2) is 97.1 Å². The number of rotatable bonds is 10. The Morgan fingerprint density at radius 2 is 0.960 bits per heavy atom. The van der Waals surface area contributed by atoms with Crippen molar-refractivity contribution in [3.63, 3.8) is 0 Å². The molecule has 0 spiro atoms. The molecule has 4 aromatic rings. The second-order valence-electron chi connectivity index (χ2n) is 12.9. The van der Waals surface area contributed by atoms with Crippen LogP contribution in [-0.2, 0) is 22.4 Å². The maximum absolute atomic E-state index is 13.4. The second kappa shape index (κ2) is 15.8. The predicted molar refractivity (Wildman–Crippen MR) is 199 cm³/mol. The van der Waals surface area contributed by atoms with Crippen LogP contribution in [0.2, 0.25) is 0 Å². The maximum Gasteiger partial charge on any atom is 0.254 e. The fourth-order valence-corrected chi connectivity index (χ4v) is 6.95. The number of amides is 4. The standard InChI is InChI=1S/C42H44N4O4/c1-3-31-11-5-7-13-35(31)41(49)45-27-9-15-37(45)39(47)43-33-23-19-29(20-24-33)17-18-30-21-25-34(26-22-30)44-40(48)38-16-10-28-46(38)42(50)36-14-8-6-12-32(36)4-2/h5-8,11-14,17-26,37-38H,3-4,9-10,15-16,27-28H2,1-2H3,(H,43,47)(H,44,48)/t37-,38+. The van der Waals surface area contributed by atoms with Gasteiger partial charge in [0.15, 0.2) is 0 Å². The number of benzene rings is 4. The van der Waals surface area contributed by atoms with Gasteiger partial charge in [0.1, 0.15) is 12.1 Å².